The Kier molecular flexibility index (Phi) is 4.86. The van der Waals surface area contributed by atoms with Crippen molar-refractivity contribution in [2.75, 3.05) is 0 Å². The summed E-state index contributed by atoms with van der Waals surface area (Å²) in [6, 6.07) is 0.951. The minimum atomic E-state index is -0.871. The van der Waals surface area contributed by atoms with Gasteiger partial charge in [-0.1, -0.05) is 11.8 Å². The van der Waals surface area contributed by atoms with Gasteiger partial charge in [-0.05, 0) is 26.8 Å². The SMILES string of the molecule is CCn1c(S[C@@H](C)C(=O)NC(N)=O)nnc1-c1ccoc1C. The van der Waals surface area contributed by atoms with E-state index in [9.17, 15) is 9.59 Å². The maximum absolute atomic E-state index is 11.7. The summed E-state index contributed by atoms with van der Waals surface area (Å²) in [6.45, 7) is 6.11. The minimum absolute atomic E-state index is 0.468. The summed E-state index contributed by atoms with van der Waals surface area (Å²) < 4.78 is 7.17. The molecule has 0 aliphatic rings. The Morgan fingerprint density at radius 3 is 2.77 bits per heavy atom. The molecule has 8 nitrogen and oxygen atoms in total. The molecule has 0 aliphatic carbocycles. The van der Waals surface area contributed by atoms with Crippen LogP contribution < -0.4 is 11.1 Å². The third-order valence-electron chi connectivity index (χ3n) is 3.03. The molecule has 22 heavy (non-hydrogen) atoms. The number of aromatic nitrogens is 3. The van der Waals surface area contributed by atoms with Crippen LogP contribution in [-0.4, -0.2) is 32.0 Å². The molecule has 0 spiro atoms. The maximum atomic E-state index is 11.7. The number of nitrogens with zero attached hydrogens (tertiary/aromatic N) is 3. The molecule has 2 aromatic rings. The molecule has 3 N–H and O–H groups in total. The summed E-state index contributed by atoms with van der Waals surface area (Å²) in [5.41, 5.74) is 5.80. The zero-order chi connectivity index (χ0) is 16.3. The lowest BCUT2D eigenvalue weighted by Crippen LogP contribution is -2.39. The fourth-order valence-electron chi connectivity index (χ4n) is 1.91. The molecular weight excluding hydrogens is 306 g/mol. The summed E-state index contributed by atoms with van der Waals surface area (Å²) >= 11 is 1.21. The molecule has 118 valence electrons. The van der Waals surface area contributed by atoms with Crippen molar-refractivity contribution in [2.24, 2.45) is 5.73 Å². The first-order valence-electron chi connectivity index (χ1n) is 6.68. The molecule has 0 fully saturated rings. The molecule has 2 aromatic heterocycles. The Balaban J connectivity index is 2.23. The number of urea groups is 1. The molecule has 0 radical (unpaired) electrons. The number of hydrogen-bond donors (Lipinski definition) is 2. The Hall–Kier alpha value is -2.29. The van der Waals surface area contributed by atoms with Gasteiger partial charge in [0, 0.05) is 6.54 Å². The highest BCUT2D eigenvalue weighted by molar-refractivity contribution is 8.00. The van der Waals surface area contributed by atoms with Gasteiger partial charge < -0.3 is 14.7 Å². The average molecular weight is 323 g/mol. The van der Waals surface area contributed by atoms with Gasteiger partial charge in [0.2, 0.25) is 5.91 Å². The number of imide groups is 1. The highest BCUT2D eigenvalue weighted by Crippen LogP contribution is 2.28. The van der Waals surface area contributed by atoms with Crippen LogP contribution in [0.3, 0.4) is 0 Å². The molecule has 0 aromatic carbocycles. The molecule has 0 saturated heterocycles. The van der Waals surface area contributed by atoms with Crippen LogP contribution in [0.25, 0.3) is 11.4 Å². The van der Waals surface area contributed by atoms with E-state index >= 15 is 0 Å². The van der Waals surface area contributed by atoms with E-state index < -0.39 is 17.2 Å². The number of nitrogens with two attached hydrogens (primary N) is 1. The number of carbonyl (C=O) groups excluding carboxylic acids is 2. The van der Waals surface area contributed by atoms with Crippen molar-refractivity contribution in [3.8, 4) is 11.4 Å². The van der Waals surface area contributed by atoms with Crippen molar-refractivity contribution in [2.45, 2.75) is 37.7 Å². The van der Waals surface area contributed by atoms with Gasteiger partial charge in [-0.15, -0.1) is 10.2 Å². The molecule has 1 atom stereocenters. The van der Waals surface area contributed by atoms with Crippen molar-refractivity contribution >= 4 is 23.7 Å². The fraction of sp³-hybridized carbons (Fsp3) is 0.385. The Morgan fingerprint density at radius 1 is 1.50 bits per heavy atom. The average Bonchev–Trinajstić information content (AvgIpc) is 3.03. The summed E-state index contributed by atoms with van der Waals surface area (Å²) in [5.74, 6) is 0.959. The molecule has 0 bridgehead atoms. The number of furan rings is 1. The Labute approximate surface area is 131 Å². The van der Waals surface area contributed by atoms with Crippen LogP contribution in [0.15, 0.2) is 21.9 Å². The third kappa shape index (κ3) is 3.30. The molecule has 2 heterocycles. The number of aryl methyl sites for hydroxylation is 1. The van der Waals surface area contributed by atoms with E-state index in [-0.39, 0.29) is 0 Å². The Bertz CT molecular complexity index is 694. The van der Waals surface area contributed by atoms with Gasteiger partial charge in [0.15, 0.2) is 11.0 Å². The van der Waals surface area contributed by atoms with E-state index in [1.807, 2.05) is 24.5 Å². The number of amides is 3. The monoisotopic (exact) mass is 323 g/mol. The second-order valence-electron chi connectivity index (χ2n) is 4.55. The minimum Gasteiger partial charge on any atom is -0.469 e. The van der Waals surface area contributed by atoms with Crippen LogP contribution in [0.2, 0.25) is 0 Å². The number of thioether (sulfide) groups is 1. The molecule has 2 rings (SSSR count). The lowest BCUT2D eigenvalue weighted by Gasteiger charge is -2.11. The first-order chi connectivity index (χ1) is 10.4. The van der Waals surface area contributed by atoms with E-state index in [1.165, 1.54) is 11.8 Å². The summed E-state index contributed by atoms with van der Waals surface area (Å²) in [4.78, 5) is 22.5. The molecule has 9 heteroatoms. The first-order valence-corrected chi connectivity index (χ1v) is 7.56. The van der Waals surface area contributed by atoms with Crippen LogP contribution >= 0.6 is 11.8 Å². The quantitative estimate of drug-likeness (QED) is 0.806. The normalized spacial score (nSPS) is 12.1. The van der Waals surface area contributed by atoms with Gasteiger partial charge in [-0.25, -0.2) is 4.79 Å². The topological polar surface area (TPSA) is 116 Å². The predicted octanol–water partition coefficient (Wildman–Crippen LogP) is 1.54. The lowest BCUT2D eigenvalue weighted by molar-refractivity contribution is -0.119. The maximum Gasteiger partial charge on any atom is 0.318 e. The Morgan fingerprint density at radius 2 is 2.23 bits per heavy atom. The van der Waals surface area contributed by atoms with Gasteiger partial charge in [0.25, 0.3) is 0 Å². The molecule has 0 saturated carbocycles. The van der Waals surface area contributed by atoms with Crippen molar-refractivity contribution in [3.63, 3.8) is 0 Å². The lowest BCUT2D eigenvalue weighted by atomic mass is 10.2. The second-order valence-corrected chi connectivity index (χ2v) is 5.86. The highest BCUT2D eigenvalue weighted by Gasteiger charge is 2.22. The first kappa shape index (κ1) is 16.1. The summed E-state index contributed by atoms with van der Waals surface area (Å²) in [5, 5.41) is 10.4. The summed E-state index contributed by atoms with van der Waals surface area (Å²) in [6.07, 6.45) is 1.59. The van der Waals surface area contributed by atoms with E-state index in [0.29, 0.717) is 17.5 Å². The third-order valence-corrected chi connectivity index (χ3v) is 4.11. The van der Waals surface area contributed by atoms with Crippen molar-refractivity contribution < 1.29 is 14.0 Å². The molecule has 0 aliphatic heterocycles. The largest absolute Gasteiger partial charge is 0.469 e. The predicted molar refractivity (Wildman–Crippen MR) is 81.2 cm³/mol. The van der Waals surface area contributed by atoms with Gasteiger partial charge in [0.05, 0.1) is 17.1 Å². The van der Waals surface area contributed by atoms with E-state index in [1.54, 1.807) is 13.2 Å². The summed E-state index contributed by atoms with van der Waals surface area (Å²) in [7, 11) is 0. The van der Waals surface area contributed by atoms with Crippen LogP contribution in [0.4, 0.5) is 4.79 Å². The van der Waals surface area contributed by atoms with E-state index in [2.05, 4.69) is 15.5 Å². The van der Waals surface area contributed by atoms with Crippen LogP contribution in [0.1, 0.15) is 19.6 Å². The highest BCUT2D eigenvalue weighted by atomic mass is 32.2. The molecular formula is C13H17N5O3S. The van der Waals surface area contributed by atoms with Crippen LogP contribution in [0, 0.1) is 6.92 Å². The van der Waals surface area contributed by atoms with Crippen molar-refractivity contribution in [1.29, 1.82) is 0 Å². The molecule has 3 amide bonds. The van der Waals surface area contributed by atoms with Crippen LogP contribution in [-0.2, 0) is 11.3 Å². The van der Waals surface area contributed by atoms with Gasteiger partial charge in [-0.3, -0.25) is 10.1 Å². The standard InChI is InChI=1S/C13H17N5O3S/c1-4-18-10(9-5-6-21-7(9)2)16-17-13(18)22-8(3)11(19)15-12(14)20/h5-6,8H,4H2,1-3H3,(H3,14,15,19,20)/t8-/m0/s1. The zero-order valence-electron chi connectivity index (χ0n) is 12.5. The van der Waals surface area contributed by atoms with Gasteiger partial charge in [0.1, 0.15) is 5.76 Å². The van der Waals surface area contributed by atoms with Crippen molar-refractivity contribution in [1.82, 2.24) is 20.1 Å². The van der Waals surface area contributed by atoms with Gasteiger partial charge in [-0.2, -0.15) is 0 Å². The number of primary amides is 1. The van der Waals surface area contributed by atoms with Crippen molar-refractivity contribution in [3.05, 3.63) is 18.1 Å². The number of nitrogens with one attached hydrogen (secondary N) is 1. The fourth-order valence-corrected chi connectivity index (χ4v) is 2.82. The molecule has 0 unspecified atom stereocenters. The van der Waals surface area contributed by atoms with E-state index in [4.69, 9.17) is 10.2 Å². The second kappa shape index (κ2) is 6.65. The number of rotatable bonds is 5. The number of carbonyl (C=O) groups is 2. The number of hydrogen-bond acceptors (Lipinski definition) is 6. The van der Waals surface area contributed by atoms with Crippen LogP contribution in [0.5, 0.6) is 0 Å². The smallest absolute Gasteiger partial charge is 0.318 e. The van der Waals surface area contributed by atoms with E-state index in [0.717, 1.165) is 11.3 Å². The van der Waals surface area contributed by atoms with Gasteiger partial charge >= 0.3 is 6.03 Å². The zero-order valence-corrected chi connectivity index (χ0v) is 13.3.